The van der Waals surface area contributed by atoms with E-state index in [2.05, 4.69) is 36.0 Å². The molecule has 0 N–H and O–H groups in total. The second-order valence-electron chi connectivity index (χ2n) is 7.86. The van der Waals surface area contributed by atoms with Crippen LogP contribution in [0.15, 0.2) is 17.3 Å². The quantitative estimate of drug-likeness (QED) is 0.582. The van der Waals surface area contributed by atoms with Gasteiger partial charge in [-0.05, 0) is 42.0 Å². The Labute approximate surface area is 161 Å². The lowest BCUT2D eigenvalue weighted by Gasteiger charge is -2.44. The number of hydrogen-bond acceptors (Lipinski definition) is 6. The number of oxime groups is 1. The molecule has 0 aromatic heterocycles. The maximum atomic E-state index is 11.3. The number of ether oxygens (including phenoxy) is 2. The summed E-state index contributed by atoms with van der Waals surface area (Å²) < 4.78 is 11.0. The molecular formula is C21H30N2O4. The average Bonchev–Trinajstić information content (AvgIpc) is 2.64. The van der Waals surface area contributed by atoms with Crippen molar-refractivity contribution >= 4 is 11.7 Å². The normalized spacial score (nSPS) is 23.7. The van der Waals surface area contributed by atoms with E-state index in [-0.39, 0.29) is 12.0 Å². The van der Waals surface area contributed by atoms with Crippen molar-refractivity contribution < 1.29 is 19.1 Å². The molecule has 0 bridgehead atoms. The van der Waals surface area contributed by atoms with Crippen molar-refractivity contribution in [1.82, 2.24) is 4.90 Å². The average molecular weight is 374 g/mol. The van der Waals surface area contributed by atoms with E-state index in [0.29, 0.717) is 11.8 Å². The second kappa shape index (κ2) is 8.30. The highest BCUT2D eigenvalue weighted by Crippen LogP contribution is 2.42. The highest BCUT2D eigenvalue weighted by Gasteiger charge is 2.38. The van der Waals surface area contributed by atoms with Gasteiger partial charge in [-0.1, -0.05) is 19.0 Å². The first kappa shape index (κ1) is 19.7. The van der Waals surface area contributed by atoms with Crippen LogP contribution in [0.3, 0.4) is 0 Å². The molecule has 0 unspecified atom stereocenters. The Kier molecular flexibility index (Phi) is 6.05. The molecule has 0 spiro atoms. The monoisotopic (exact) mass is 374 g/mol. The molecule has 1 aromatic rings. The highest BCUT2D eigenvalue weighted by molar-refractivity contribution is 5.88. The topological polar surface area (TPSA) is 60.4 Å². The molecule has 0 aliphatic carbocycles. The van der Waals surface area contributed by atoms with Gasteiger partial charge in [-0.25, -0.2) is 4.79 Å². The predicted molar refractivity (Wildman–Crippen MR) is 104 cm³/mol. The minimum absolute atomic E-state index is 0.228. The van der Waals surface area contributed by atoms with Gasteiger partial charge >= 0.3 is 5.97 Å². The molecule has 3 rings (SSSR count). The number of rotatable bonds is 5. The van der Waals surface area contributed by atoms with Crippen molar-refractivity contribution in [1.29, 1.82) is 0 Å². The van der Waals surface area contributed by atoms with Crippen LogP contribution in [-0.2, 0) is 16.1 Å². The van der Waals surface area contributed by atoms with Gasteiger partial charge in [0.05, 0.1) is 19.9 Å². The van der Waals surface area contributed by atoms with Crippen molar-refractivity contribution in [3.05, 3.63) is 23.3 Å². The summed E-state index contributed by atoms with van der Waals surface area (Å²) in [6, 6.07) is 4.41. The zero-order valence-electron chi connectivity index (χ0n) is 16.9. The fourth-order valence-electron chi connectivity index (χ4n) is 4.31. The zero-order valence-corrected chi connectivity index (χ0v) is 16.9. The van der Waals surface area contributed by atoms with Crippen molar-refractivity contribution in [2.24, 2.45) is 17.0 Å². The molecule has 27 heavy (non-hydrogen) atoms. The van der Waals surface area contributed by atoms with Crippen LogP contribution >= 0.6 is 0 Å². The molecule has 2 aliphatic heterocycles. The van der Waals surface area contributed by atoms with Crippen LogP contribution in [0.25, 0.3) is 0 Å². The molecule has 1 saturated heterocycles. The standard InChI is InChI=1S/C21H30N2O4/c1-13(2)8-16-12-23-7-6-15-9-20(25-4)21(26-5)10-17(15)19(23)11-18(16)22-27-14(3)24/h9-10,13,16,19H,6-8,11-12H2,1-5H3/b22-18-/t16-,19-/m1/s1. The first-order valence-corrected chi connectivity index (χ1v) is 9.66. The summed E-state index contributed by atoms with van der Waals surface area (Å²) in [5, 5.41) is 4.24. The van der Waals surface area contributed by atoms with E-state index in [1.807, 2.05) is 0 Å². The van der Waals surface area contributed by atoms with Gasteiger partial charge in [-0.15, -0.1) is 0 Å². The number of piperidine rings is 1. The third-order valence-corrected chi connectivity index (χ3v) is 5.49. The van der Waals surface area contributed by atoms with E-state index in [1.54, 1.807) is 14.2 Å². The van der Waals surface area contributed by atoms with E-state index >= 15 is 0 Å². The van der Waals surface area contributed by atoms with Gasteiger partial charge in [0.2, 0.25) is 0 Å². The minimum Gasteiger partial charge on any atom is -0.493 e. The Morgan fingerprint density at radius 2 is 1.96 bits per heavy atom. The van der Waals surface area contributed by atoms with E-state index < -0.39 is 0 Å². The number of hydrogen-bond donors (Lipinski definition) is 0. The van der Waals surface area contributed by atoms with Gasteiger partial charge in [-0.2, -0.15) is 0 Å². The van der Waals surface area contributed by atoms with Crippen LogP contribution < -0.4 is 9.47 Å². The van der Waals surface area contributed by atoms with Crippen LogP contribution in [-0.4, -0.2) is 43.9 Å². The summed E-state index contributed by atoms with van der Waals surface area (Å²) in [5.74, 6) is 2.04. The molecule has 6 nitrogen and oxygen atoms in total. The second-order valence-corrected chi connectivity index (χ2v) is 7.86. The van der Waals surface area contributed by atoms with Crippen LogP contribution in [0.4, 0.5) is 0 Å². The molecule has 2 heterocycles. The third-order valence-electron chi connectivity index (χ3n) is 5.49. The van der Waals surface area contributed by atoms with Crippen LogP contribution in [0.1, 0.15) is 50.8 Å². The molecule has 0 radical (unpaired) electrons. The number of fused-ring (bicyclic) bond motifs is 3. The van der Waals surface area contributed by atoms with Crippen LogP contribution in [0, 0.1) is 11.8 Å². The molecule has 6 heteroatoms. The molecule has 2 atom stereocenters. The Hall–Kier alpha value is -2.08. The van der Waals surface area contributed by atoms with Crippen molar-refractivity contribution in [3.8, 4) is 11.5 Å². The smallest absolute Gasteiger partial charge is 0.331 e. The van der Waals surface area contributed by atoms with Crippen molar-refractivity contribution in [2.75, 3.05) is 27.3 Å². The lowest BCUT2D eigenvalue weighted by molar-refractivity contribution is -0.141. The fourth-order valence-corrected chi connectivity index (χ4v) is 4.31. The Balaban J connectivity index is 1.93. The third kappa shape index (κ3) is 4.26. The van der Waals surface area contributed by atoms with Crippen LogP contribution in [0.5, 0.6) is 11.5 Å². The van der Waals surface area contributed by atoms with Crippen LogP contribution in [0.2, 0.25) is 0 Å². The highest BCUT2D eigenvalue weighted by atomic mass is 16.7. The zero-order chi connectivity index (χ0) is 19.6. The summed E-state index contributed by atoms with van der Waals surface area (Å²) >= 11 is 0. The van der Waals surface area contributed by atoms with Gasteiger partial charge in [0.1, 0.15) is 0 Å². The molecule has 0 saturated carbocycles. The summed E-state index contributed by atoms with van der Waals surface area (Å²) in [6.07, 6.45) is 2.81. The molecule has 1 aromatic carbocycles. The molecular weight excluding hydrogens is 344 g/mol. The summed E-state index contributed by atoms with van der Waals surface area (Å²) in [4.78, 5) is 18.8. The Morgan fingerprint density at radius 1 is 1.26 bits per heavy atom. The van der Waals surface area contributed by atoms with E-state index in [1.165, 1.54) is 18.1 Å². The van der Waals surface area contributed by atoms with Crippen molar-refractivity contribution in [3.63, 3.8) is 0 Å². The fraction of sp³-hybridized carbons (Fsp3) is 0.619. The van der Waals surface area contributed by atoms with Crippen molar-refractivity contribution in [2.45, 2.75) is 46.1 Å². The van der Waals surface area contributed by atoms with E-state index in [0.717, 1.165) is 49.6 Å². The SMILES string of the molecule is COc1cc2c(cc1OC)[C@H]1C/C(=N/OC(C)=O)[C@H](CC(C)C)CN1CC2. The van der Waals surface area contributed by atoms with E-state index in [9.17, 15) is 4.79 Å². The van der Waals surface area contributed by atoms with E-state index in [4.69, 9.17) is 14.3 Å². The largest absolute Gasteiger partial charge is 0.493 e. The minimum atomic E-state index is -0.372. The number of carbonyl (C=O) groups is 1. The number of methoxy groups -OCH3 is 2. The molecule has 148 valence electrons. The summed E-state index contributed by atoms with van der Waals surface area (Å²) in [6.45, 7) is 7.79. The molecule has 0 amide bonds. The number of nitrogens with zero attached hydrogens (tertiary/aromatic N) is 2. The predicted octanol–water partition coefficient (Wildman–Crippen LogP) is 3.59. The molecule has 2 aliphatic rings. The maximum absolute atomic E-state index is 11.3. The first-order valence-electron chi connectivity index (χ1n) is 9.66. The Bertz CT molecular complexity index is 729. The summed E-state index contributed by atoms with van der Waals surface area (Å²) in [7, 11) is 3.33. The maximum Gasteiger partial charge on any atom is 0.331 e. The van der Waals surface area contributed by atoms with Gasteiger partial charge in [-0.3, -0.25) is 4.90 Å². The Morgan fingerprint density at radius 3 is 2.59 bits per heavy atom. The lowest BCUT2D eigenvalue weighted by atomic mass is 9.79. The number of carbonyl (C=O) groups excluding carboxylic acids is 1. The van der Waals surface area contributed by atoms with Gasteiger partial charge < -0.3 is 14.3 Å². The number of benzene rings is 1. The lowest BCUT2D eigenvalue weighted by Crippen LogP contribution is -2.46. The summed E-state index contributed by atoms with van der Waals surface area (Å²) in [5.41, 5.74) is 3.54. The van der Waals surface area contributed by atoms with Gasteiger partial charge in [0.25, 0.3) is 0 Å². The van der Waals surface area contributed by atoms with Gasteiger partial charge in [0, 0.05) is 38.4 Å². The molecule has 1 fully saturated rings. The van der Waals surface area contributed by atoms with Gasteiger partial charge in [0.15, 0.2) is 11.5 Å². The first-order chi connectivity index (χ1) is 12.9.